The average Bonchev–Trinajstić information content (AvgIpc) is 2.26. The van der Waals surface area contributed by atoms with E-state index in [1.807, 2.05) is 24.3 Å². The van der Waals surface area contributed by atoms with Crippen LogP contribution in [0.2, 0.25) is 0 Å². The molecule has 4 nitrogen and oxygen atoms in total. The SMILES string of the molecule is CC(C)c1ccc(/C(N)=N/N=C\N)cc1. The topological polar surface area (TPSA) is 76.8 Å². The second kappa shape index (κ2) is 5.14. The number of hydrogen-bond acceptors (Lipinski definition) is 2. The van der Waals surface area contributed by atoms with E-state index in [1.165, 1.54) is 5.56 Å². The van der Waals surface area contributed by atoms with Crippen LogP contribution in [0.5, 0.6) is 0 Å². The number of rotatable bonds is 3. The van der Waals surface area contributed by atoms with Crippen molar-refractivity contribution in [2.24, 2.45) is 21.7 Å². The number of hydrogen-bond donors (Lipinski definition) is 2. The van der Waals surface area contributed by atoms with Crippen molar-refractivity contribution >= 4 is 12.2 Å². The third-order valence-electron chi connectivity index (χ3n) is 2.11. The van der Waals surface area contributed by atoms with Gasteiger partial charge in [-0.3, -0.25) is 0 Å². The van der Waals surface area contributed by atoms with Crippen LogP contribution in [0.3, 0.4) is 0 Å². The lowest BCUT2D eigenvalue weighted by Gasteiger charge is -2.05. The van der Waals surface area contributed by atoms with Gasteiger partial charge in [0, 0.05) is 5.56 Å². The van der Waals surface area contributed by atoms with Gasteiger partial charge in [0.25, 0.3) is 0 Å². The first-order valence-corrected chi connectivity index (χ1v) is 4.82. The summed E-state index contributed by atoms with van der Waals surface area (Å²) in [4.78, 5) is 0. The number of nitrogens with zero attached hydrogens (tertiary/aromatic N) is 2. The highest BCUT2D eigenvalue weighted by Crippen LogP contribution is 2.14. The summed E-state index contributed by atoms with van der Waals surface area (Å²) < 4.78 is 0. The molecular weight excluding hydrogens is 188 g/mol. The minimum Gasteiger partial charge on any atom is -0.388 e. The summed E-state index contributed by atoms with van der Waals surface area (Å²) in [6.45, 7) is 4.29. The van der Waals surface area contributed by atoms with E-state index in [4.69, 9.17) is 11.5 Å². The van der Waals surface area contributed by atoms with E-state index >= 15 is 0 Å². The van der Waals surface area contributed by atoms with E-state index in [1.54, 1.807) is 0 Å². The van der Waals surface area contributed by atoms with Crippen molar-refractivity contribution in [2.45, 2.75) is 19.8 Å². The zero-order valence-electron chi connectivity index (χ0n) is 9.01. The van der Waals surface area contributed by atoms with Gasteiger partial charge in [-0.05, 0) is 11.5 Å². The number of nitrogens with two attached hydrogens (primary N) is 2. The van der Waals surface area contributed by atoms with E-state index in [2.05, 4.69) is 24.1 Å². The van der Waals surface area contributed by atoms with Crippen molar-refractivity contribution < 1.29 is 0 Å². The van der Waals surface area contributed by atoms with Crippen LogP contribution in [0, 0.1) is 0 Å². The molecule has 15 heavy (non-hydrogen) atoms. The van der Waals surface area contributed by atoms with Gasteiger partial charge in [-0.2, -0.15) is 0 Å². The molecule has 0 fully saturated rings. The fraction of sp³-hybridized carbons (Fsp3) is 0.273. The molecule has 4 heteroatoms. The maximum atomic E-state index is 5.69. The first-order chi connectivity index (χ1) is 7.15. The van der Waals surface area contributed by atoms with Crippen LogP contribution in [0.15, 0.2) is 34.5 Å². The highest BCUT2D eigenvalue weighted by Gasteiger charge is 2.01. The second-order valence-corrected chi connectivity index (χ2v) is 3.53. The van der Waals surface area contributed by atoms with Gasteiger partial charge in [-0.25, -0.2) is 0 Å². The molecule has 0 atom stereocenters. The molecule has 0 bridgehead atoms. The third kappa shape index (κ3) is 3.09. The Labute approximate surface area is 89.7 Å². The molecule has 0 aliphatic heterocycles. The molecule has 0 saturated heterocycles. The van der Waals surface area contributed by atoms with Crippen molar-refractivity contribution in [3.63, 3.8) is 0 Å². The molecule has 1 aromatic carbocycles. The molecular formula is C11H16N4. The Morgan fingerprint density at radius 3 is 2.33 bits per heavy atom. The van der Waals surface area contributed by atoms with Crippen LogP contribution in [0.1, 0.15) is 30.9 Å². The van der Waals surface area contributed by atoms with Gasteiger partial charge in [-0.1, -0.05) is 38.1 Å². The summed E-state index contributed by atoms with van der Waals surface area (Å²) in [6.07, 6.45) is 1.11. The smallest absolute Gasteiger partial charge is 0.153 e. The Morgan fingerprint density at radius 1 is 1.27 bits per heavy atom. The summed E-state index contributed by atoms with van der Waals surface area (Å²) in [5, 5.41) is 7.25. The Morgan fingerprint density at radius 2 is 1.87 bits per heavy atom. The molecule has 0 unspecified atom stereocenters. The first-order valence-electron chi connectivity index (χ1n) is 4.82. The summed E-state index contributed by atoms with van der Waals surface area (Å²) >= 11 is 0. The molecule has 80 valence electrons. The van der Waals surface area contributed by atoms with E-state index < -0.39 is 0 Å². The van der Waals surface area contributed by atoms with Crippen LogP contribution in [0.4, 0.5) is 0 Å². The van der Waals surface area contributed by atoms with Gasteiger partial charge in [0.05, 0.1) is 0 Å². The van der Waals surface area contributed by atoms with Crippen LogP contribution in [-0.2, 0) is 0 Å². The molecule has 0 radical (unpaired) electrons. The van der Waals surface area contributed by atoms with Crippen LogP contribution >= 0.6 is 0 Å². The van der Waals surface area contributed by atoms with Crippen molar-refractivity contribution in [3.05, 3.63) is 35.4 Å². The van der Waals surface area contributed by atoms with Gasteiger partial charge in [-0.15, -0.1) is 10.2 Å². The maximum absolute atomic E-state index is 5.69. The van der Waals surface area contributed by atoms with Crippen molar-refractivity contribution in [1.29, 1.82) is 0 Å². The molecule has 0 aliphatic rings. The third-order valence-corrected chi connectivity index (χ3v) is 2.11. The standard InChI is InChI=1S/C11H16N4/c1-8(2)9-3-5-10(6-4-9)11(13)15-14-7-12/h3-8H,1-2H3,(H2,12,14)(H2,13,15). The molecule has 1 aromatic rings. The second-order valence-electron chi connectivity index (χ2n) is 3.53. The normalized spacial score (nSPS) is 12.6. The minimum atomic E-state index is 0.368. The van der Waals surface area contributed by atoms with Gasteiger partial charge in [0.1, 0.15) is 6.34 Å². The van der Waals surface area contributed by atoms with Gasteiger partial charge in [0.2, 0.25) is 0 Å². The Balaban J connectivity index is 2.89. The van der Waals surface area contributed by atoms with Crippen molar-refractivity contribution in [2.75, 3.05) is 0 Å². The molecule has 0 aromatic heterocycles. The number of amidine groups is 1. The highest BCUT2D eigenvalue weighted by molar-refractivity contribution is 5.97. The van der Waals surface area contributed by atoms with E-state index in [9.17, 15) is 0 Å². The number of benzene rings is 1. The molecule has 0 spiro atoms. The van der Waals surface area contributed by atoms with E-state index in [0.29, 0.717) is 11.8 Å². The predicted octanol–water partition coefficient (Wildman–Crippen LogP) is 1.42. The summed E-state index contributed by atoms with van der Waals surface area (Å²) in [7, 11) is 0. The monoisotopic (exact) mass is 204 g/mol. The maximum Gasteiger partial charge on any atom is 0.153 e. The Kier molecular flexibility index (Phi) is 3.85. The average molecular weight is 204 g/mol. The first kappa shape index (κ1) is 11.2. The lowest BCUT2D eigenvalue weighted by atomic mass is 10.0. The molecule has 1 rings (SSSR count). The molecule has 4 N–H and O–H groups in total. The molecule has 0 heterocycles. The fourth-order valence-electron chi connectivity index (χ4n) is 1.19. The lowest BCUT2D eigenvalue weighted by Crippen LogP contribution is -2.12. The van der Waals surface area contributed by atoms with Gasteiger partial charge >= 0.3 is 0 Å². The van der Waals surface area contributed by atoms with Crippen LogP contribution in [-0.4, -0.2) is 12.2 Å². The molecule has 0 saturated carbocycles. The summed E-state index contributed by atoms with van der Waals surface area (Å²) in [5.74, 6) is 0.881. The van der Waals surface area contributed by atoms with Crippen LogP contribution in [0.25, 0.3) is 0 Å². The zero-order valence-corrected chi connectivity index (χ0v) is 9.01. The highest BCUT2D eigenvalue weighted by atomic mass is 15.2. The van der Waals surface area contributed by atoms with Crippen molar-refractivity contribution in [1.82, 2.24) is 0 Å². The predicted molar refractivity (Wildman–Crippen MR) is 63.9 cm³/mol. The Bertz CT molecular complexity index is 363. The van der Waals surface area contributed by atoms with Gasteiger partial charge < -0.3 is 11.5 Å². The summed E-state index contributed by atoms with van der Waals surface area (Å²) in [6, 6.07) is 7.93. The largest absolute Gasteiger partial charge is 0.388 e. The minimum absolute atomic E-state index is 0.368. The van der Waals surface area contributed by atoms with Crippen LogP contribution < -0.4 is 11.5 Å². The quantitative estimate of drug-likeness (QED) is 0.443. The van der Waals surface area contributed by atoms with Gasteiger partial charge in [0.15, 0.2) is 5.84 Å². The lowest BCUT2D eigenvalue weighted by molar-refractivity contribution is 0.866. The zero-order chi connectivity index (χ0) is 11.3. The Hall–Kier alpha value is -1.84. The fourth-order valence-corrected chi connectivity index (χ4v) is 1.19. The van der Waals surface area contributed by atoms with Crippen molar-refractivity contribution in [3.8, 4) is 0 Å². The summed E-state index contributed by atoms with van der Waals surface area (Å²) in [5.41, 5.74) is 12.9. The van der Waals surface area contributed by atoms with E-state index in [0.717, 1.165) is 11.9 Å². The molecule has 0 amide bonds. The molecule has 0 aliphatic carbocycles. The van der Waals surface area contributed by atoms with E-state index in [-0.39, 0.29) is 0 Å².